The normalized spacial score (nSPS) is 19.3. The van der Waals surface area contributed by atoms with Crippen molar-refractivity contribution < 1.29 is 9.84 Å². The number of ether oxygens (including phenoxy) is 1. The molecule has 0 saturated carbocycles. The largest absolute Gasteiger partial charge is 0.396 e. The van der Waals surface area contributed by atoms with Crippen molar-refractivity contribution in [2.75, 3.05) is 26.9 Å². The number of H-pyrrole nitrogens is 2. The van der Waals surface area contributed by atoms with Gasteiger partial charge in [-0.05, 0) is 24.7 Å². The predicted molar refractivity (Wildman–Crippen MR) is 71.1 cm³/mol. The lowest BCUT2D eigenvalue weighted by Gasteiger charge is -2.46. The number of fused-ring (bicyclic) bond motifs is 1. The van der Waals surface area contributed by atoms with E-state index in [1.54, 1.807) is 0 Å². The summed E-state index contributed by atoms with van der Waals surface area (Å²) < 4.78 is 5.26. The number of benzene rings is 1. The molecule has 4 N–H and O–H groups in total. The molecular formula is C13H17N3O3. The van der Waals surface area contributed by atoms with Gasteiger partial charge in [0.15, 0.2) is 0 Å². The van der Waals surface area contributed by atoms with Crippen molar-refractivity contribution in [1.29, 1.82) is 0 Å². The van der Waals surface area contributed by atoms with E-state index in [0.29, 0.717) is 13.2 Å². The summed E-state index contributed by atoms with van der Waals surface area (Å²) in [7, 11) is 1.87. The van der Waals surface area contributed by atoms with Gasteiger partial charge < -0.3 is 25.1 Å². The SMILES string of the molecule is CNC(c1ccc2[nH]c(=O)[nH]c2c1)C1(CO)COC1. The van der Waals surface area contributed by atoms with Gasteiger partial charge in [0.1, 0.15) is 0 Å². The minimum Gasteiger partial charge on any atom is -0.396 e. The fraction of sp³-hybridized carbons (Fsp3) is 0.462. The van der Waals surface area contributed by atoms with Crippen LogP contribution < -0.4 is 11.0 Å². The first kappa shape index (κ1) is 12.4. The lowest BCUT2D eigenvalue weighted by Crippen LogP contribution is -2.53. The molecule has 1 aromatic heterocycles. The maximum Gasteiger partial charge on any atom is 0.323 e. The summed E-state index contributed by atoms with van der Waals surface area (Å²) in [6.45, 7) is 1.15. The van der Waals surface area contributed by atoms with E-state index in [1.807, 2.05) is 25.2 Å². The molecule has 3 rings (SSSR count). The maximum atomic E-state index is 11.3. The van der Waals surface area contributed by atoms with Crippen LogP contribution >= 0.6 is 0 Å². The second-order valence-electron chi connectivity index (χ2n) is 5.12. The Hall–Kier alpha value is -1.63. The second-order valence-corrected chi connectivity index (χ2v) is 5.12. The summed E-state index contributed by atoms with van der Waals surface area (Å²) in [5.41, 5.74) is 2.10. The number of rotatable bonds is 4. The molecule has 2 heterocycles. The van der Waals surface area contributed by atoms with Gasteiger partial charge in [-0.3, -0.25) is 0 Å². The molecule has 0 bridgehead atoms. The number of hydrogen-bond donors (Lipinski definition) is 4. The fourth-order valence-electron chi connectivity index (χ4n) is 2.77. The van der Waals surface area contributed by atoms with Crippen molar-refractivity contribution in [3.63, 3.8) is 0 Å². The molecular weight excluding hydrogens is 246 g/mol. The lowest BCUT2D eigenvalue weighted by molar-refractivity contribution is -0.155. The Balaban J connectivity index is 2.03. The predicted octanol–water partition coefficient (Wildman–Crippen LogP) is 0.126. The average Bonchev–Trinajstić information content (AvgIpc) is 2.72. The summed E-state index contributed by atoms with van der Waals surface area (Å²) >= 11 is 0. The van der Waals surface area contributed by atoms with E-state index in [9.17, 15) is 9.90 Å². The summed E-state index contributed by atoms with van der Waals surface area (Å²) in [4.78, 5) is 16.7. The highest BCUT2D eigenvalue weighted by molar-refractivity contribution is 5.75. The Labute approximate surface area is 109 Å². The van der Waals surface area contributed by atoms with Crippen LogP contribution in [0.25, 0.3) is 11.0 Å². The van der Waals surface area contributed by atoms with E-state index in [4.69, 9.17) is 4.74 Å². The third kappa shape index (κ3) is 1.88. The fourth-order valence-corrected chi connectivity index (χ4v) is 2.77. The van der Waals surface area contributed by atoms with Crippen LogP contribution in [0.2, 0.25) is 0 Å². The van der Waals surface area contributed by atoms with Crippen LogP contribution in [-0.4, -0.2) is 41.9 Å². The van der Waals surface area contributed by atoms with Crippen molar-refractivity contribution in [2.24, 2.45) is 5.41 Å². The number of nitrogens with one attached hydrogen (secondary N) is 3. The molecule has 102 valence electrons. The molecule has 1 unspecified atom stereocenters. The van der Waals surface area contributed by atoms with E-state index < -0.39 is 0 Å². The Bertz CT molecular complexity index is 636. The molecule has 2 aromatic rings. The third-order valence-electron chi connectivity index (χ3n) is 3.87. The Morgan fingerprint density at radius 1 is 1.42 bits per heavy atom. The van der Waals surface area contributed by atoms with Crippen molar-refractivity contribution in [3.05, 3.63) is 34.2 Å². The van der Waals surface area contributed by atoms with Crippen LogP contribution in [0.3, 0.4) is 0 Å². The van der Waals surface area contributed by atoms with Crippen LogP contribution in [-0.2, 0) is 4.74 Å². The first-order chi connectivity index (χ1) is 9.18. The Kier molecular flexibility index (Phi) is 2.93. The number of aromatic amines is 2. The molecule has 6 heteroatoms. The van der Waals surface area contributed by atoms with E-state index in [-0.39, 0.29) is 23.8 Å². The maximum absolute atomic E-state index is 11.3. The second kappa shape index (κ2) is 4.48. The minimum atomic E-state index is -0.279. The molecule has 0 radical (unpaired) electrons. The number of aromatic nitrogens is 2. The highest BCUT2D eigenvalue weighted by atomic mass is 16.5. The van der Waals surface area contributed by atoms with Crippen LogP contribution in [0.1, 0.15) is 11.6 Å². The smallest absolute Gasteiger partial charge is 0.323 e. The number of aliphatic hydroxyl groups is 1. The Morgan fingerprint density at radius 3 is 2.74 bits per heavy atom. The molecule has 1 saturated heterocycles. The molecule has 19 heavy (non-hydrogen) atoms. The highest BCUT2D eigenvalue weighted by Gasteiger charge is 2.45. The summed E-state index contributed by atoms with van der Waals surface area (Å²) in [5.74, 6) is 0. The van der Waals surface area contributed by atoms with Gasteiger partial charge in [-0.2, -0.15) is 0 Å². The van der Waals surface area contributed by atoms with Gasteiger partial charge in [0, 0.05) is 6.04 Å². The summed E-state index contributed by atoms with van der Waals surface area (Å²) in [6, 6.07) is 5.76. The van der Waals surface area contributed by atoms with Crippen LogP contribution in [0.15, 0.2) is 23.0 Å². The molecule has 1 aliphatic heterocycles. The van der Waals surface area contributed by atoms with Gasteiger partial charge in [0.25, 0.3) is 0 Å². The van der Waals surface area contributed by atoms with Gasteiger partial charge in [-0.15, -0.1) is 0 Å². The van der Waals surface area contributed by atoms with E-state index in [1.165, 1.54) is 0 Å². The van der Waals surface area contributed by atoms with Crippen LogP contribution in [0, 0.1) is 5.41 Å². The quantitative estimate of drug-likeness (QED) is 0.631. The van der Waals surface area contributed by atoms with Crippen LogP contribution in [0.4, 0.5) is 0 Å². The number of hydrogen-bond acceptors (Lipinski definition) is 4. The van der Waals surface area contributed by atoms with Gasteiger partial charge in [-0.1, -0.05) is 6.07 Å². The van der Waals surface area contributed by atoms with Gasteiger partial charge in [-0.25, -0.2) is 4.79 Å². The van der Waals surface area contributed by atoms with Crippen molar-refractivity contribution in [3.8, 4) is 0 Å². The number of imidazole rings is 1. The topological polar surface area (TPSA) is 90.1 Å². The average molecular weight is 263 g/mol. The van der Waals surface area contributed by atoms with Crippen molar-refractivity contribution in [2.45, 2.75) is 6.04 Å². The first-order valence-corrected chi connectivity index (χ1v) is 6.26. The van der Waals surface area contributed by atoms with E-state index >= 15 is 0 Å². The molecule has 0 aliphatic carbocycles. The molecule has 1 atom stereocenters. The highest BCUT2D eigenvalue weighted by Crippen LogP contribution is 2.40. The number of aliphatic hydroxyl groups excluding tert-OH is 1. The molecule has 0 amide bonds. The molecule has 6 nitrogen and oxygen atoms in total. The van der Waals surface area contributed by atoms with Gasteiger partial charge >= 0.3 is 5.69 Å². The molecule has 0 spiro atoms. The summed E-state index contributed by atoms with van der Waals surface area (Å²) in [5, 5.41) is 12.9. The van der Waals surface area contributed by atoms with E-state index in [0.717, 1.165) is 16.6 Å². The van der Waals surface area contributed by atoms with Gasteiger partial charge in [0.2, 0.25) is 0 Å². The van der Waals surface area contributed by atoms with Crippen molar-refractivity contribution >= 4 is 11.0 Å². The molecule has 1 aromatic carbocycles. The van der Waals surface area contributed by atoms with Crippen LogP contribution in [0.5, 0.6) is 0 Å². The molecule has 1 fully saturated rings. The zero-order valence-electron chi connectivity index (χ0n) is 10.7. The zero-order valence-corrected chi connectivity index (χ0v) is 10.7. The molecule has 1 aliphatic rings. The lowest BCUT2D eigenvalue weighted by atomic mass is 9.76. The Morgan fingerprint density at radius 2 is 2.16 bits per heavy atom. The minimum absolute atomic E-state index is 0.00551. The first-order valence-electron chi connectivity index (χ1n) is 6.26. The standard InChI is InChI=1S/C13H17N3O3/c1-14-11(13(5-17)6-19-7-13)8-2-3-9-10(4-8)16-12(18)15-9/h2-4,11,14,17H,5-7H2,1H3,(H2,15,16,18). The summed E-state index contributed by atoms with van der Waals surface area (Å²) in [6.07, 6.45) is 0. The zero-order chi connectivity index (χ0) is 13.5. The van der Waals surface area contributed by atoms with E-state index in [2.05, 4.69) is 15.3 Å². The third-order valence-corrected chi connectivity index (χ3v) is 3.87. The van der Waals surface area contributed by atoms with Gasteiger partial charge in [0.05, 0.1) is 36.3 Å². The van der Waals surface area contributed by atoms with Crippen molar-refractivity contribution in [1.82, 2.24) is 15.3 Å². The monoisotopic (exact) mass is 263 g/mol.